The molecule has 2 bridgehead atoms. The molecule has 1 unspecified atom stereocenters. The summed E-state index contributed by atoms with van der Waals surface area (Å²) in [4.78, 5) is 2.43. The zero-order valence-electron chi connectivity index (χ0n) is 14.5. The zero-order chi connectivity index (χ0) is 16.6. The highest BCUT2D eigenvalue weighted by Gasteiger charge is 2.75. The molecule has 1 aromatic rings. The molecule has 0 amide bonds. The van der Waals surface area contributed by atoms with Gasteiger partial charge in [0, 0.05) is 23.3 Å². The van der Waals surface area contributed by atoms with Crippen molar-refractivity contribution >= 4 is 11.4 Å². The van der Waals surface area contributed by atoms with Crippen LogP contribution >= 0.6 is 0 Å². The third-order valence-corrected chi connectivity index (χ3v) is 7.60. The van der Waals surface area contributed by atoms with Crippen molar-refractivity contribution in [1.82, 2.24) is 0 Å². The Morgan fingerprint density at radius 2 is 1.87 bits per heavy atom. The molecule has 3 fully saturated rings. The number of fused-ring (bicyclic) bond motifs is 3. The van der Waals surface area contributed by atoms with Crippen LogP contribution in [-0.2, 0) is 0 Å². The molecule has 4 rings (SSSR count). The van der Waals surface area contributed by atoms with Crippen molar-refractivity contribution in [2.45, 2.75) is 51.7 Å². The smallest absolute Gasteiger partial charge is 0.0836 e. The summed E-state index contributed by atoms with van der Waals surface area (Å²) < 4.78 is 0. The van der Waals surface area contributed by atoms with Crippen molar-refractivity contribution in [1.29, 1.82) is 0 Å². The number of rotatable bonds is 1. The lowest BCUT2D eigenvalue weighted by Crippen LogP contribution is -2.58. The monoisotopic (exact) mass is 312 g/mol. The molecule has 3 N–H and O–H groups in total. The van der Waals surface area contributed by atoms with E-state index in [0.717, 1.165) is 30.8 Å². The molecular formula is C20H28N2O. The van der Waals surface area contributed by atoms with Gasteiger partial charge in [-0.15, -0.1) is 0 Å². The average Bonchev–Trinajstić information content (AvgIpc) is 2.98. The highest BCUT2D eigenvalue weighted by Crippen LogP contribution is 2.72. The first kappa shape index (κ1) is 15.1. The van der Waals surface area contributed by atoms with E-state index in [2.05, 4.69) is 44.4 Å². The lowest BCUT2D eigenvalue weighted by atomic mass is 9.69. The maximum atomic E-state index is 11.5. The Morgan fingerprint density at radius 1 is 1.22 bits per heavy atom. The van der Waals surface area contributed by atoms with E-state index in [1.165, 1.54) is 12.0 Å². The second kappa shape index (κ2) is 4.32. The number of hydrogen-bond acceptors (Lipinski definition) is 3. The van der Waals surface area contributed by atoms with Crippen LogP contribution in [0.25, 0.3) is 0 Å². The fraction of sp³-hybridized carbons (Fsp3) is 0.600. The minimum Gasteiger partial charge on any atom is -0.399 e. The van der Waals surface area contributed by atoms with Crippen molar-refractivity contribution in [3.05, 3.63) is 36.4 Å². The molecule has 1 aromatic carbocycles. The van der Waals surface area contributed by atoms with Crippen LogP contribution < -0.4 is 10.6 Å². The van der Waals surface area contributed by atoms with Gasteiger partial charge in [-0.05, 0) is 54.9 Å². The summed E-state index contributed by atoms with van der Waals surface area (Å²) >= 11 is 0. The highest BCUT2D eigenvalue weighted by molar-refractivity contribution is 5.60. The molecule has 1 saturated heterocycles. The number of anilines is 2. The van der Waals surface area contributed by atoms with Gasteiger partial charge in [0.15, 0.2) is 0 Å². The zero-order valence-corrected chi connectivity index (χ0v) is 14.5. The summed E-state index contributed by atoms with van der Waals surface area (Å²) in [6.07, 6.45) is 2.90. The summed E-state index contributed by atoms with van der Waals surface area (Å²) in [6, 6.07) is 8.08. The molecule has 124 valence electrons. The second-order valence-electron chi connectivity index (χ2n) is 8.73. The molecule has 0 aromatic heterocycles. The fourth-order valence-electron chi connectivity index (χ4n) is 6.10. The van der Waals surface area contributed by atoms with Gasteiger partial charge in [-0.2, -0.15) is 0 Å². The van der Waals surface area contributed by atoms with Crippen molar-refractivity contribution in [3.8, 4) is 0 Å². The molecule has 23 heavy (non-hydrogen) atoms. The maximum absolute atomic E-state index is 11.5. The molecule has 3 nitrogen and oxygen atoms in total. The van der Waals surface area contributed by atoms with Crippen LogP contribution in [0.5, 0.6) is 0 Å². The molecule has 1 aliphatic heterocycles. The fourth-order valence-corrected chi connectivity index (χ4v) is 6.10. The normalized spacial score (nSPS) is 41.2. The SMILES string of the molecule is C=C1CN(c2ccc(N)cc2)[C@]2(C1)C(O)[C@@]1(C)CC[C@@H]2C1(C)C. The summed E-state index contributed by atoms with van der Waals surface area (Å²) in [5, 5.41) is 11.5. The third kappa shape index (κ3) is 1.59. The van der Waals surface area contributed by atoms with Crippen molar-refractivity contribution in [3.63, 3.8) is 0 Å². The Bertz CT molecular complexity index is 665. The van der Waals surface area contributed by atoms with Crippen LogP contribution in [0.1, 0.15) is 40.0 Å². The molecule has 0 radical (unpaired) electrons. The highest BCUT2D eigenvalue weighted by atomic mass is 16.3. The number of hydrogen-bond donors (Lipinski definition) is 2. The number of nitrogens with two attached hydrogens (primary N) is 1. The van der Waals surface area contributed by atoms with Crippen molar-refractivity contribution < 1.29 is 5.11 Å². The van der Waals surface area contributed by atoms with Crippen LogP contribution in [-0.4, -0.2) is 23.3 Å². The summed E-state index contributed by atoms with van der Waals surface area (Å²) in [7, 11) is 0. The van der Waals surface area contributed by atoms with E-state index < -0.39 is 0 Å². The molecule has 3 heteroatoms. The van der Waals surface area contributed by atoms with Gasteiger partial charge >= 0.3 is 0 Å². The van der Waals surface area contributed by atoms with Crippen LogP contribution in [0.2, 0.25) is 0 Å². The molecular weight excluding hydrogens is 284 g/mol. The lowest BCUT2D eigenvalue weighted by Gasteiger charge is -2.48. The van der Waals surface area contributed by atoms with E-state index in [1.54, 1.807) is 0 Å². The molecule has 4 atom stereocenters. The van der Waals surface area contributed by atoms with Gasteiger partial charge < -0.3 is 15.7 Å². The lowest BCUT2D eigenvalue weighted by molar-refractivity contribution is -0.0188. The number of aliphatic hydroxyl groups excluding tert-OH is 1. The predicted octanol–water partition coefficient (Wildman–Crippen LogP) is 3.59. The largest absolute Gasteiger partial charge is 0.399 e. The van der Waals surface area contributed by atoms with E-state index in [0.29, 0.717) is 5.92 Å². The Morgan fingerprint density at radius 3 is 2.43 bits per heavy atom. The first-order chi connectivity index (χ1) is 10.7. The minimum atomic E-state index is -0.319. The Kier molecular flexibility index (Phi) is 2.83. The van der Waals surface area contributed by atoms with Gasteiger partial charge in [0.25, 0.3) is 0 Å². The summed E-state index contributed by atoms with van der Waals surface area (Å²) in [5.41, 5.74) is 8.95. The van der Waals surface area contributed by atoms with Gasteiger partial charge in [0.1, 0.15) is 0 Å². The van der Waals surface area contributed by atoms with E-state index >= 15 is 0 Å². The molecule has 2 saturated carbocycles. The van der Waals surface area contributed by atoms with Crippen LogP contribution in [0.15, 0.2) is 36.4 Å². The van der Waals surface area contributed by atoms with Crippen molar-refractivity contribution in [2.24, 2.45) is 16.7 Å². The first-order valence-electron chi connectivity index (χ1n) is 8.71. The van der Waals surface area contributed by atoms with Crippen LogP contribution in [0.4, 0.5) is 11.4 Å². The predicted molar refractivity (Wildman–Crippen MR) is 95.3 cm³/mol. The van der Waals surface area contributed by atoms with E-state index in [9.17, 15) is 5.11 Å². The molecule has 2 aliphatic carbocycles. The van der Waals surface area contributed by atoms with Gasteiger partial charge in [-0.1, -0.05) is 32.9 Å². The van der Waals surface area contributed by atoms with Gasteiger partial charge in [-0.25, -0.2) is 0 Å². The maximum Gasteiger partial charge on any atom is 0.0836 e. The minimum absolute atomic E-state index is 0.0195. The molecule has 1 heterocycles. The third-order valence-electron chi connectivity index (χ3n) is 7.60. The van der Waals surface area contributed by atoms with Crippen LogP contribution in [0.3, 0.4) is 0 Å². The first-order valence-corrected chi connectivity index (χ1v) is 8.71. The van der Waals surface area contributed by atoms with Gasteiger partial charge in [0.05, 0.1) is 11.6 Å². The standard InChI is InChI=1S/C20H28N2O/c1-13-11-20(22(12-13)15-7-5-14(21)6-8-15)16-9-10-19(4,17(20)23)18(16,2)3/h5-8,16-17,23H,1,9-12,21H2,2-4H3/t16-,17?,19-,20+/m1/s1. The Hall–Kier alpha value is -1.48. The van der Waals surface area contributed by atoms with E-state index in [-0.39, 0.29) is 22.5 Å². The second-order valence-corrected chi connectivity index (χ2v) is 8.73. The summed E-state index contributed by atoms with van der Waals surface area (Å²) in [5.74, 6) is 0.492. The Balaban J connectivity index is 1.86. The van der Waals surface area contributed by atoms with E-state index in [4.69, 9.17) is 5.73 Å². The molecule has 1 spiro atoms. The average molecular weight is 312 g/mol. The van der Waals surface area contributed by atoms with Crippen LogP contribution in [0, 0.1) is 16.7 Å². The topological polar surface area (TPSA) is 49.5 Å². The van der Waals surface area contributed by atoms with Crippen molar-refractivity contribution in [2.75, 3.05) is 17.2 Å². The van der Waals surface area contributed by atoms with Gasteiger partial charge in [0.2, 0.25) is 0 Å². The molecule has 3 aliphatic rings. The summed E-state index contributed by atoms with van der Waals surface area (Å²) in [6.45, 7) is 12.1. The quantitative estimate of drug-likeness (QED) is 0.615. The number of nitrogens with zero attached hydrogens (tertiary/aromatic N) is 1. The van der Waals surface area contributed by atoms with Gasteiger partial charge in [-0.3, -0.25) is 0 Å². The van der Waals surface area contributed by atoms with E-state index in [1.807, 2.05) is 12.1 Å². The number of benzene rings is 1. The number of aliphatic hydroxyl groups is 1. The number of nitrogen functional groups attached to an aromatic ring is 1. The Labute approximate surface area is 139 Å².